The van der Waals surface area contributed by atoms with E-state index in [4.69, 9.17) is 9.84 Å². The van der Waals surface area contributed by atoms with Gasteiger partial charge in [-0.05, 0) is 37.1 Å². The molecule has 0 amide bonds. The van der Waals surface area contributed by atoms with Gasteiger partial charge in [0.05, 0.1) is 6.61 Å². The summed E-state index contributed by atoms with van der Waals surface area (Å²) in [5, 5.41) is 8.92. The van der Waals surface area contributed by atoms with Crippen molar-refractivity contribution in [3.63, 3.8) is 0 Å². The molecule has 1 aromatic rings. The molecule has 0 atom stereocenters. The van der Waals surface area contributed by atoms with E-state index in [0.29, 0.717) is 5.57 Å². The van der Waals surface area contributed by atoms with Crippen LogP contribution >= 0.6 is 0 Å². The molecule has 0 fully saturated rings. The molecule has 3 heteroatoms. The van der Waals surface area contributed by atoms with Crippen molar-refractivity contribution in [2.45, 2.75) is 117 Å². The van der Waals surface area contributed by atoms with Gasteiger partial charge in [-0.1, -0.05) is 115 Å². The standard InChI is InChI=1S/C28H46O3/c1-3-4-5-6-7-8-9-10-11-12-13-14-15-16-17-18-23-31-27-21-19-26(20-22-27)24-25(2)28(29)30/h19-22,24H,3-18,23H2,1-2H3,(H,29,30)/b25-24+. The Balaban J connectivity index is 1.88. The van der Waals surface area contributed by atoms with E-state index in [2.05, 4.69) is 6.92 Å². The first kappa shape index (κ1) is 27.3. The van der Waals surface area contributed by atoms with Gasteiger partial charge in [0.2, 0.25) is 0 Å². The first-order valence-corrected chi connectivity index (χ1v) is 12.8. The molecular weight excluding hydrogens is 384 g/mol. The van der Waals surface area contributed by atoms with Crippen molar-refractivity contribution in [1.29, 1.82) is 0 Å². The fourth-order valence-corrected chi connectivity index (χ4v) is 3.81. The maximum atomic E-state index is 10.9. The van der Waals surface area contributed by atoms with Crippen molar-refractivity contribution >= 4 is 12.0 Å². The van der Waals surface area contributed by atoms with Gasteiger partial charge in [0.1, 0.15) is 5.75 Å². The Labute approximate surface area is 191 Å². The maximum absolute atomic E-state index is 10.9. The fraction of sp³-hybridized carbons (Fsp3) is 0.679. The second-order valence-corrected chi connectivity index (χ2v) is 8.85. The van der Waals surface area contributed by atoms with E-state index in [9.17, 15) is 4.79 Å². The highest BCUT2D eigenvalue weighted by Gasteiger charge is 2.00. The highest BCUT2D eigenvalue weighted by molar-refractivity contribution is 5.91. The zero-order valence-corrected chi connectivity index (χ0v) is 20.2. The van der Waals surface area contributed by atoms with Crippen molar-refractivity contribution in [1.82, 2.24) is 0 Å². The van der Waals surface area contributed by atoms with Crippen LogP contribution in [0.3, 0.4) is 0 Å². The number of aliphatic carboxylic acids is 1. The van der Waals surface area contributed by atoms with E-state index in [1.165, 1.54) is 96.3 Å². The number of benzene rings is 1. The number of carboxylic acids is 1. The molecule has 31 heavy (non-hydrogen) atoms. The normalized spacial score (nSPS) is 11.6. The molecule has 1 aromatic carbocycles. The van der Waals surface area contributed by atoms with Gasteiger partial charge >= 0.3 is 5.97 Å². The predicted molar refractivity (Wildman–Crippen MR) is 133 cm³/mol. The third-order valence-electron chi connectivity index (χ3n) is 5.87. The van der Waals surface area contributed by atoms with E-state index in [1.54, 1.807) is 13.0 Å². The van der Waals surface area contributed by atoms with Crippen molar-refractivity contribution < 1.29 is 14.6 Å². The van der Waals surface area contributed by atoms with E-state index in [0.717, 1.165) is 24.3 Å². The molecule has 0 heterocycles. The van der Waals surface area contributed by atoms with Crippen LogP contribution in [0, 0.1) is 0 Å². The van der Waals surface area contributed by atoms with Gasteiger partial charge in [-0.3, -0.25) is 0 Å². The molecule has 1 rings (SSSR count). The Bertz CT molecular complexity index is 589. The molecule has 176 valence electrons. The summed E-state index contributed by atoms with van der Waals surface area (Å²) >= 11 is 0. The summed E-state index contributed by atoms with van der Waals surface area (Å²) in [5.41, 5.74) is 1.22. The Kier molecular flexibility index (Phi) is 16.7. The second kappa shape index (κ2) is 19.0. The number of hydrogen-bond donors (Lipinski definition) is 1. The molecule has 0 aliphatic carbocycles. The Morgan fingerprint density at radius 1 is 0.742 bits per heavy atom. The highest BCUT2D eigenvalue weighted by atomic mass is 16.5. The third kappa shape index (κ3) is 15.6. The molecule has 0 unspecified atom stereocenters. The predicted octanol–water partition coefficient (Wildman–Crippen LogP) is 8.81. The van der Waals surface area contributed by atoms with Crippen LogP contribution in [-0.4, -0.2) is 17.7 Å². The van der Waals surface area contributed by atoms with E-state index >= 15 is 0 Å². The summed E-state index contributed by atoms with van der Waals surface area (Å²) in [7, 11) is 0. The molecule has 0 aliphatic rings. The molecule has 0 radical (unpaired) electrons. The number of carbonyl (C=O) groups is 1. The molecular formula is C28H46O3. The van der Waals surface area contributed by atoms with Gasteiger partial charge in [-0.2, -0.15) is 0 Å². The lowest BCUT2D eigenvalue weighted by atomic mass is 10.0. The smallest absolute Gasteiger partial charge is 0.331 e. The zero-order chi connectivity index (χ0) is 22.6. The lowest BCUT2D eigenvalue weighted by Gasteiger charge is -2.07. The molecule has 1 N–H and O–H groups in total. The third-order valence-corrected chi connectivity index (χ3v) is 5.87. The van der Waals surface area contributed by atoms with Crippen LogP contribution < -0.4 is 4.74 Å². The Hall–Kier alpha value is -1.77. The van der Waals surface area contributed by atoms with Gasteiger partial charge < -0.3 is 9.84 Å². The van der Waals surface area contributed by atoms with Gasteiger partial charge in [-0.15, -0.1) is 0 Å². The van der Waals surface area contributed by atoms with Crippen LogP contribution in [0.15, 0.2) is 29.8 Å². The number of rotatable bonds is 20. The minimum Gasteiger partial charge on any atom is -0.494 e. The van der Waals surface area contributed by atoms with Gasteiger partial charge in [0.15, 0.2) is 0 Å². The zero-order valence-electron chi connectivity index (χ0n) is 20.2. The van der Waals surface area contributed by atoms with Crippen molar-refractivity contribution in [2.24, 2.45) is 0 Å². The summed E-state index contributed by atoms with van der Waals surface area (Å²) in [4.78, 5) is 10.9. The Morgan fingerprint density at radius 2 is 1.16 bits per heavy atom. The fourth-order valence-electron chi connectivity index (χ4n) is 3.81. The summed E-state index contributed by atoms with van der Waals surface area (Å²) in [6.07, 6.45) is 23.7. The SMILES string of the molecule is CCCCCCCCCCCCCCCCCCOc1ccc(/C=C(\C)C(=O)O)cc1. The summed E-state index contributed by atoms with van der Waals surface area (Å²) in [6.45, 7) is 4.63. The number of unbranched alkanes of at least 4 members (excludes halogenated alkanes) is 15. The molecule has 0 bridgehead atoms. The van der Waals surface area contributed by atoms with Crippen molar-refractivity contribution in [3.05, 3.63) is 35.4 Å². The quantitative estimate of drug-likeness (QED) is 0.166. The molecule has 0 saturated heterocycles. The van der Waals surface area contributed by atoms with Crippen LogP contribution in [0.5, 0.6) is 5.75 Å². The first-order valence-electron chi connectivity index (χ1n) is 12.8. The number of ether oxygens (including phenoxy) is 1. The molecule has 0 aromatic heterocycles. The van der Waals surface area contributed by atoms with Crippen LogP contribution in [-0.2, 0) is 4.79 Å². The van der Waals surface area contributed by atoms with Crippen molar-refractivity contribution in [2.75, 3.05) is 6.61 Å². The van der Waals surface area contributed by atoms with Crippen LogP contribution in [0.25, 0.3) is 6.08 Å². The minimum absolute atomic E-state index is 0.335. The Morgan fingerprint density at radius 3 is 1.58 bits per heavy atom. The van der Waals surface area contributed by atoms with E-state index in [-0.39, 0.29) is 0 Å². The van der Waals surface area contributed by atoms with Gasteiger partial charge in [0, 0.05) is 5.57 Å². The lowest BCUT2D eigenvalue weighted by Crippen LogP contribution is -1.97. The average Bonchev–Trinajstić information content (AvgIpc) is 2.77. The maximum Gasteiger partial charge on any atom is 0.331 e. The second-order valence-electron chi connectivity index (χ2n) is 8.85. The van der Waals surface area contributed by atoms with Crippen LogP contribution in [0.2, 0.25) is 0 Å². The minimum atomic E-state index is -0.885. The summed E-state index contributed by atoms with van der Waals surface area (Å²) in [6, 6.07) is 7.62. The highest BCUT2D eigenvalue weighted by Crippen LogP contribution is 2.16. The van der Waals surface area contributed by atoms with Crippen LogP contribution in [0.1, 0.15) is 122 Å². The summed E-state index contributed by atoms with van der Waals surface area (Å²) in [5.74, 6) is -0.0325. The first-order chi connectivity index (χ1) is 15.1. The summed E-state index contributed by atoms with van der Waals surface area (Å²) < 4.78 is 5.80. The monoisotopic (exact) mass is 430 g/mol. The lowest BCUT2D eigenvalue weighted by molar-refractivity contribution is -0.132. The van der Waals surface area contributed by atoms with Gasteiger partial charge in [0.25, 0.3) is 0 Å². The molecule has 0 aliphatic heterocycles. The van der Waals surface area contributed by atoms with Crippen LogP contribution in [0.4, 0.5) is 0 Å². The molecule has 3 nitrogen and oxygen atoms in total. The molecule has 0 spiro atoms. The number of hydrogen-bond acceptors (Lipinski definition) is 2. The van der Waals surface area contributed by atoms with E-state index in [1.807, 2.05) is 24.3 Å². The van der Waals surface area contributed by atoms with Crippen molar-refractivity contribution in [3.8, 4) is 5.75 Å². The number of carboxylic acid groups (broad SMARTS) is 1. The topological polar surface area (TPSA) is 46.5 Å². The van der Waals surface area contributed by atoms with E-state index < -0.39 is 5.97 Å². The largest absolute Gasteiger partial charge is 0.494 e. The molecule has 0 saturated carbocycles. The van der Waals surface area contributed by atoms with Gasteiger partial charge in [-0.25, -0.2) is 4.79 Å². The average molecular weight is 431 g/mol.